The van der Waals surface area contributed by atoms with Crippen molar-refractivity contribution in [2.45, 2.75) is 354 Å². The molecule has 0 saturated heterocycles. The van der Waals surface area contributed by atoms with E-state index in [9.17, 15) is 43.2 Å². The van der Waals surface area contributed by atoms with Gasteiger partial charge in [-0.05, 0) is 96.3 Å². The Morgan fingerprint density at radius 1 is 0.296 bits per heavy atom. The summed E-state index contributed by atoms with van der Waals surface area (Å²) in [5.41, 5.74) is 0. The molecule has 0 fully saturated rings. The van der Waals surface area contributed by atoms with Crippen LogP contribution in [0.3, 0.4) is 0 Å². The van der Waals surface area contributed by atoms with Crippen molar-refractivity contribution in [1.29, 1.82) is 0 Å². The maximum absolute atomic E-state index is 13.1. The molecule has 0 aliphatic rings. The number of hydrogen-bond donors (Lipinski definition) is 3. The van der Waals surface area contributed by atoms with Gasteiger partial charge in [-0.3, -0.25) is 37.3 Å². The summed E-state index contributed by atoms with van der Waals surface area (Å²) in [4.78, 5) is 72.8. The van der Waals surface area contributed by atoms with Gasteiger partial charge in [-0.2, -0.15) is 0 Å². The Morgan fingerprint density at radius 2 is 0.531 bits per heavy atom. The van der Waals surface area contributed by atoms with Gasteiger partial charge in [0.1, 0.15) is 19.3 Å². The minimum atomic E-state index is -4.98. The van der Waals surface area contributed by atoms with E-state index < -0.39 is 97.5 Å². The summed E-state index contributed by atoms with van der Waals surface area (Å²) in [6.45, 7) is 4.63. The molecule has 0 rings (SSSR count). The molecule has 0 heterocycles. The molecule has 0 aromatic rings. The number of aliphatic hydroxyl groups is 1. The second-order valence-corrected chi connectivity index (χ2v) is 28.8. The number of allylic oxidation sites excluding steroid dienone is 14. The molecule has 0 saturated carbocycles. The molecule has 3 N–H and O–H groups in total. The van der Waals surface area contributed by atoms with Crippen molar-refractivity contribution in [3.63, 3.8) is 0 Å². The molecule has 568 valence electrons. The van der Waals surface area contributed by atoms with E-state index in [4.69, 9.17) is 37.0 Å². The fourth-order valence-electron chi connectivity index (χ4n) is 10.5. The Hall–Kier alpha value is -3.76. The number of carbonyl (C=O) groups is 4. The second-order valence-electron chi connectivity index (χ2n) is 25.9. The van der Waals surface area contributed by atoms with Crippen LogP contribution in [0, 0.1) is 0 Å². The molecule has 0 bridgehead atoms. The van der Waals surface area contributed by atoms with Crippen LogP contribution in [0.25, 0.3) is 0 Å². The minimum Gasteiger partial charge on any atom is -0.462 e. The van der Waals surface area contributed by atoms with Crippen LogP contribution >= 0.6 is 15.6 Å². The molecule has 0 radical (unpaired) electrons. The number of phosphoric acid groups is 2. The lowest BCUT2D eigenvalue weighted by Gasteiger charge is -2.21. The fourth-order valence-corrected chi connectivity index (χ4v) is 12.1. The number of carbonyl (C=O) groups excluding carboxylic acids is 4. The smallest absolute Gasteiger partial charge is 0.462 e. The van der Waals surface area contributed by atoms with Gasteiger partial charge >= 0.3 is 39.5 Å². The lowest BCUT2D eigenvalue weighted by atomic mass is 10.0. The van der Waals surface area contributed by atoms with Gasteiger partial charge in [-0.1, -0.05) is 299 Å². The molecule has 0 aromatic carbocycles. The summed E-state index contributed by atoms with van der Waals surface area (Å²) in [6, 6.07) is 0. The van der Waals surface area contributed by atoms with Crippen LogP contribution in [0.5, 0.6) is 0 Å². The van der Waals surface area contributed by atoms with Crippen LogP contribution in [0.4, 0.5) is 0 Å². The highest BCUT2D eigenvalue weighted by Crippen LogP contribution is 2.45. The molecule has 17 nitrogen and oxygen atoms in total. The van der Waals surface area contributed by atoms with Gasteiger partial charge in [-0.25, -0.2) is 9.13 Å². The lowest BCUT2D eigenvalue weighted by molar-refractivity contribution is -0.161. The Labute approximate surface area is 595 Å². The van der Waals surface area contributed by atoms with Crippen molar-refractivity contribution in [2.75, 3.05) is 39.6 Å². The predicted molar refractivity (Wildman–Crippen MR) is 399 cm³/mol. The van der Waals surface area contributed by atoms with Crippen LogP contribution in [-0.4, -0.2) is 96.7 Å². The maximum Gasteiger partial charge on any atom is 0.472 e. The van der Waals surface area contributed by atoms with Gasteiger partial charge in [0.2, 0.25) is 0 Å². The summed E-state index contributed by atoms with van der Waals surface area (Å²) in [5, 5.41) is 10.6. The van der Waals surface area contributed by atoms with E-state index in [1.807, 2.05) is 0 Å². The molecular formula is C79H140O17P2. The molecule has 5 unspecified atom stereocenters. The first-order valence-corrected chi connectivity index (χ1v) is 41.8. The molecule has 98 heavy (non-hydrogen) atoms. The zero-order valence-corrected chi connectivity index (χ0v) is 63.7. The third-order valence-corrected chi connectivity index (χ3v) is 18.3. The van der Waals surface area contributed by atoms with Gasteiger partial charge in [0.25, 0.3) is 0 Å². The normalized spacial score (nSPS) is 14.4. The van der Waals surface area contributed by atoms with Crippen molar-refractivity contribution in [2.24, 2.45) is 0 Å². The van der Waals surface area contributed by atoms with Crippen molar-refractivity contribution < 1.29 is 80.2 Å². The fraction of sp³-hybridized carbons (Fsp3) is 0.772. The van der Waals surface area contributed by atoms with Crippen molar-refractivity contribution in [3.8, 4) is 0 Å². The zero-order valence-electron chi connectivity index (χ0n) is 62.0. The van der Waals surface area contributed by atoms with Crippen LogP contribution in [0.2, 0.25) is 0 Å². The highest BCUT2D eigenvalue weighted by atomic mass is 31.2. The molecule has 0 spiro atoms. The largest absolute Gasteiger partial charge is 0.472 e. The Balaban J connectivity index is 5.34. The topological polar surface area (TPSA) is 237 Å². The number of hydrogen-bond acceptors (Lipinski definition) is 15. The average Bonchev–Trinajstić information content (AvgIpc) is 0.980. The highest BCUT2D eigenvalue weighted by molar-refractivity contribution is 7.47. The van der Waals surface area contributed by atoms with E-state index in [1.54, 1.807) is 0 Å². The first-order valence-electron chi connectivity index (χ1n) is 38.8. The van der Waals surface area contributed by atoms with E-state index in [-0.39, 0.29) is 25.7 Å². The van der Waals surface area contributed by atoms with Crippen LogP contribution < -0.4 is 0 Å². The molecular weight excluding hydrogens is 1280 g/mol. The summed E-state index contributed by atoms with van der Waals surface area (Å²) < 4.78 is 68.5. The second kappa shape index (κ2) is 71.6. The van der Waals surface area contributed by atoms with Crippen molar-refractivity contribution >= 4 is 39.5 Å². The molecule has 0 aromatic heterocycles. The van der Waals surface area contributed by atoms with Gasteiger partial charge in [0.15, 0.2) is 12.2 Å². The van der Waals surface area contributed by atoms with E-state index in [0.29, 0.717) is 32.1 Å². The van der Waals surface area contributed by atoms with Gasteiger partial charge < -0.3 is 33.8 Å². The third kappa shape index (κ3) is 70.7. The summed E-state index contributed by atoms with van der Waals surface area (Å²) in [5.74, 6) is -2.21. The number of rotatable bonds is 73. The number of aliphatic hydroxyl groups excluding tert-OH is 1. The third-order valence-electron chi connectivity index (χ3n) is 16.4. The first kappa shape index (κ1) is 94.2. The quantitative estimate of drug-likeness (QED) is 0.0169. The number of ether oxygens (including phenoxy) is 4. The molecule has 0 aliphatic carbocycles. The predicted octanol–water partition coefficient (Wildman–Crippen LogP) is 22.2. The number of unbranched alkanes of at least 4 members (excludes halogenated alkanes) is 33. The minimum absolute atomic E-state index is 0.0416. The number of esters is 4. The van der Waals surface area contributed by atoms with E-state index >= 15 is 0 Å². The Bertz CT molecular complexity index is 2190. The molecule has 0 aliphatic heterocycles. The standard InChI is InChI=1S/C79H140O17P2/c1-5-9-13-17-21-25-29-32-35-36-39-41-45-48-52-56-60-64-77(82)90-70-75(96-79(84)66-62-58-54-50-46-42-38-34-31-27-23-19-15-11-7-3)72-94-98(87,88)92-68-73(80)67-91-97(85,86)93-71-74(95-78(83)65-61-57-53-49-43-28-24-20-16-12-8-4)69-89-76(81)63-59-55-51-47-44-40-37-33-30-26-22-18-14-10-6-2/h9,11,13,15,21,23,25,27,32,34-35,38,46,50,73-75,80H,5-8,10,12,14,16-20,22,24,26,28-31,33,36-37,39-45,47-49,51-72H2,1-4H3,(H,85,86)(H,87,88)/b13-9-,15-11-,25-21-,27-23-,35-32-,38-34-,50-46-. The van der Waals surface area contributed by atoms with Gasteiger partial charge in [0, 0.05) is 25.7 Å². The van der Waals surface area contributed by atoms with Crippen LogP contribution in [0.1, 0.15) is 336 Å². The van der Waals surface area contributed by atoms with Gasteiger partial charge in [0.05, 0.1) is 26.4 Å². The summed E-state index contributed by atoms with van der Waals surface area (Å²) in [7, 11) is -9.95. The highest BCUT2D eigenvalue weighted by Gasteiger charge is 2.30. The van der Waals surface area contributed by atoms with E-state index in [0.717, 1.165) is 141 Å². The maximum atomic E-state index is 13.1. The van der Waals surface area contributed by atoms with Gasteiger partial charge in [-0.15, -0.1) is 0 Å². The first-order chi connectivity index (χ1) is 47.7. The lowest BCUT2D eigenvalue weighted by Crippen LogP contribution is -2.30. The van der Waals surface area contributed by atoms with E-state index in [1.165, 1.54) is 109 Å². The van der Waals surface area contributed by atoms with Crippen molar-refractivity contribution in [3.05, 3.63) is 85.1 Å². The SMILES string of the molecule is CC/C=C\C/C=C\C/C=C\C/C=C\CCCCC(=O)OC(COC(=O)CCCCCCCCC/C=C\C/C=C\C/C=C\CC)COP(=O)(O)OCC(O)COP(=O)(O)OCC(COC(=O)CCCCCCCCCCCCCCCCC)OC(=O)CCCCCCCCCCCCC. The Kier molecular flexibility index (Phi) is 68.9. The monoisotopic (exact) mass is 1420 g/mol. The number of phosphoric ester groups is 2. The molecule has 0 amide bonds. The average molecular weight is 1420 g/mol. The zero-order chi connectivity index (χ0) is 71.8. The van der Waals surface area contributed by atoms with E-state index in [2.05, 4.69) is 113 Å². The van der Waals surface area contributed by atoms with Crippen LogP contribution in [-0.2, 0) is 65.4 Å². The molecule has 19 heteroatoms. The molecule has 5 atom stereocenters. The summed E-state index contributed by atoms with van der Waals surface area (Å²) >= 11 is 0. The van der Waals surface area contributed by atoms with Crippen molar-refractivity contribution in [1.82, 2.24) is 0 Å². The Morgan fingerprint density at radius 3 is 0.837 bits per heavy atom. The summed E-state index contributed by atoms with van der Waals surface area (Å²) in [6.07, 6.45) is 72.9. The van der Waals surface area contributed by atoms with Crippen LogP contribution in [0.15, 0.2) is 85.1 Å².